The third-order valence-corrected chi connectivity index (χ3v) is 1.86. The largest absolute Gasteiger partial charge is 0.490 e. The van der Waals surface area contributed by atoms with E-state index >= 15 is 0 Å². The molecule has 0 spiro atoms. The van der Waals surface area contributed by atoms with Crippen molar-refractivity contribution in [2.24, 2.45) is 0 Å². The number of nitrogen functional groups attached to an aromatic ring is 1. The van der Waals surface area contributed by atoms with Gasteiger partial charge in [0, 0.05) is 18.2 Å². The number of ether oxygens (including phenoxy) is 1. The number of benzene rings is 1. The number of rotatable bonds is 4. The zero-order chi connectivity index (χ0) is 10.6. The third kappa shape index (κ3) is 2.58. The summed E-state index contributed by atoms with van der Waals surface area (Å²) in [4.78, 5) is 0. The molecule has 0 aliphatic heterocycles. The highest BCUT2D eigenvalue weighted by molar-refractivity contribution is 5.50. The van der Waals surface area contributed by atoms with Gasteiger partial charge in [-0.05, 0) is 18.6 Å². The van der Waals surface area contributed by atoms with Crippen LogP contribution in [0.4, 0.5) is 14.5 Å². The van der Waals surface area contributed by atoms with Crippen LogP contribution in [0, 0.1) is 12.7 Å². The van der Waals surface area contributed by atoms with Crippen LogP contribution in [0.3, 0.4) is 0 Å². The predicted octanol–water partition coefficient (Wildman–Crippen LogP) is 2.45. The van der Waals surface area contributed by atoms with Gasteiger partial charge < -0.3 is 10.5 Å². The van der Waals surface area contributed by atoms with E-state index in [9.17, 15) is 8.78 Å². The van der Waals surface area contributed by atoms with Gasteiger partial charge in [0.05, 0.1) is 13.3 Å². The monoisotopic (exact) mass is 201 g/mol. The molecule has 14 heavy (non-hydrogen) atoms. The fraction of sp³-hybridized carbons (Fsp3) is 0.400. The summed E-state index contributed by atoms with van der Waals surface area (Å²) in [6, 6.07) is 2.73. The van der Waals surface area contributed by atoms with Crippen molar-refractivity contribution >= 4 is 5.69 Å². The minimum atomic E-state index is -0.507. The molecule has 0 atom stereocenters. The summed E-state index contributed by atoms with van der Waals surface area (Å²) < 4.78 is 29.9. The van der Waals surface area contributed by atoms with Crippen molar-refractivity contribution in [3.05, 3.63) is 23.5 Å². The molecule has 0 radical (unpaired) electrons. The van der Waals surface area contributed by atoms with Crippen LogP contribution in [0.15, 0.2) is 12.1 Å². The van der Waals surface area contributed by atoms with Crippen molar-refractivity contribution < 1.29 is 13.5 Å². The van der Waals surface area contributed by atoms with Crippen molar-refractivity contribution in [1.82, 2.24) is 0 Å². The molecule has 0 heterocycles. The lowest BCUT2D eigenvalue weighted by Gasteiger charge is -2.08. The quantitative estimate of drug-likeness (QED) is 0.600. The number of alkyl halides is 1. The average Bonchev–Trinajstić information content (AvgIpc) is 2.14. The van der Waals surface area contributed by atoms with Gasteiger partial charge in [-0.1, -0.05) is 0 Å². The van der Waals surface area contributed by atoms with Gasteiger partial charge in [-0.3, -0.25) is 4.39 Å². The van der Waals surface area contributed by atoms with Crippen molar-refractivity contribution in [2.45, 2.75) is 13.3 Å². The van der Waals surface area contributed by atoms with Crippen LogP contribution >= 0.6 is 0 Å². The highest BCUT2D eigenvalue weighted by Crippen LogP contribution is 2.23. The first-order valence-electron chi connectivity index (χ1n) is 4.39. The summed E-state index contributed by atoms with van der Waals surface area (Å²) in [5, 5.41) is 0. The highest BCUT2D eigenvalue weighted by Gasteiger charge is 2.06. The van der Waals surface area contributed by atoms with Crippen molar-refractivity contribution in [3.63, 3.8) is 0 Å². The Morgan fingerprint density at radius 3 is 2.79 bits per heavy atom. The Kier molecular flexibility index (Phi) is 3.68. The van der Waals surface area contributed by atoms with E-state index in [1.54, 1.807) is 6.92 Å². The summed E-state index contributed by atoms with van der Waals surface area (Å²) >= 11 is 0. The van der Waals surface area contributed by atoms with Gasteiger partial charge in [0.2, 0.25) is 0 Å². The van der Waals surface area contributed by atoms with E-state index in [4.69, 9.17) is 10.5 Å². The average molecular weight is 201 g/mol. The standard InChI is InChI=1S/C10H13F2NO/c1-7-5-10(14-4-2-3-11)8(12)6-9(7)13/h5-6H,2-4,13H2,1H3. The first-order chi connectivity index (χ1) is 6.65. The molecule has 0 amide bonds. The minimum Gasteiger partial charge on any atom is -0.490 e. The SMILES string of the molecule is Cc1cc(OCCCF)c(F)cc1N. The van der Waals surface area contributed by atoms with Crippen molar-refractivity contribution in [2.75, 3.05) is 19.0 Å². The molecule has 0 fully saturated rings. The number of hydrogen-bond donors (Lipinski definition) is 1. The van der Waals surface area contributed by atoms with Crippen LogP contribution in [0.2, 0.25) is 0 Å². The lowest BCUT2D eigenvalue weighted by atomic mass is 10.2. The number of nitrogens with two attached hydrogens (primary N) is 1. The highest BCUT2D eigenvalue weighted by atomic mass is 19.1. The molecule has 0 saturated heterocycles. The Hall–Kier alpha value is -1.32. The second-order valence-electron chi connectivity index (χ2n) is 3.03. The molecule has 0 aliphatic rings. The Balaban J connectivity index is 2.72. The van der Waals surface area contributed by atoms with Gasteiger partial charge >= 0.3 is 0 Å². The number of aryl methyl sites for hydroxylation is 1. The lowest BCUT2D eigenvalue weighted by molar-refractivity contribution is 0.277. The summed E-state index contributed by atoms with van der Waals surface area (Å²) in [5.41, 5.74) is 6.63. The fourth-order valence-corrected chi connectivity index (χ4v) is 1.02. The smallest absolute Gasteiger partial charge is 0.167 e. The van der Waals surface area contributed by atoms with E-state index in [1.165, 1.54) is 12.1 Å². The molecule has 1 aromatic rings. The second-order valence-corrected chi connectivity index (χ2v) is 3.03. The Bertz CT molecular complexity index is 315. The zero-order valence-electron chi connectivity index (χ0n) is 8.02. The van der Waals surface area contributed by atoms with Crippen molar-refractivity contribution in [1.29, 1.82) is 0 Å². The zero-order valence-corrected chi connectivity index (χ0v) is 8.02. The van der Waals surface area contributed by atoms with E-state index in [-0.39, 0.29) is 18.8 Å². The van der Waals surface area contributed by atoms with Crippen LogP contribution in [-0.4, -0.2) is 13.3 Å². The summed E-state index contributed by atoms with van der Waals surface area (Å²) in [7, 11) is 0. The van der Waals surface area contributed by atoms with Gasteiger partial charge in [0.15, 0.2) is 11.6 Å². The van der Waals surface area contributed by atoms with E-state index < -0.39 is 12.5 Å². The van der Waals surface area contributed by atoms with Crippen LogP contribution < -0.4 is 10.5 Å². The molecule has 4 heteroatoms. The molecule has 2 N–H and O–H groups in total. The van der Waals surface area contributed by atoms with Gasteiger partial charge in [-0.15, -0.1) is 0 Å². The van der Waals surface area contributed by atoms with Gasteiger partial charge in [0.25, 0.3) is 0 Å². The molecular formula is C10H13F2NO. The molecule has 0 saturated carbocycles. The molecule has 78 valence electrons. The van der Waals surface area contributed by atoms with Gasteiger partial charge in [-0.2, -0.15) is 0 Å². The Morgan fingerprint density at radius 1 is 1.43 bits per heavy atom. The maximum absolute atomic E-state index is 13.2. The van der Waals surface area contributed by atoms with E-state index in [0.717, 1.165) is 5.56 Å². The van der Waals surface area contributed by atoms with Gasteiger partial charge in [-0.25, -0.2) is 4.39 Å². The van der Waals surface area contributed by atoms with E-state index in [0.29, 0.717) is 5.69 Å². The molecular weight excluding hydrogens is 188 g/mol. The fourth-order valence-electron chi connectivity index (χ4n) is 1.02. The maximum Gasteiger partial charge on any atom is 0.167 e. The van der Waals surface area contributed by atoms with E-state index in [2.05, 4.69) is 0 Å². The van der Waals surface area contributed by atoms with Crippen LogP contribution in [0.5, 0.6) is 5.75 Å². The number of hydrogen-bond acceptors (Lipinski definition) is 2. The number of halogens is 2. The van der Waals surface area contributed by atoms with Crippen LogP contribution in [-0.2, 0) is 0 Å². The summed E-state index contributed by atoms with van der Waals surface area (Å²) in [6.45, 7) is 1.48. The molecule has 1 aromatic carbocycles. The normalized spacial score (nSPS) is 10.2. The van der Waals surface area contributed by atoms with Gasteiger partial charge in [0.1, 0.15) is 0 Å². The minimum absolute atomic E-state index is 0.130. The maximum atomic E-state index is 13.2. The summed E-state index contributed by atoms with van der Waals surface area (Å²) in [6.07, 6.45) is 0.267. The first-order valence-corrected chi connectivity index (χ1v) is 4.39. The second kappa shape index (κ2) is 4.79. The van der Waals surface area contributed by atoms with E-state index in [1.807, 2.05) is 0 Å². The number of anilines is 1. The lowest BCUT2D eigenvalue weighted by Crippen LogP contribution is -2.01. The molecule has 0 aliphatic carbocycles. The predicted molar refractivity (Wildman–Crippen MR) is 51.6 cm³/mol. The Morgan fingerprint density at radius 2 is 2.14 bits per heavy atom. The first kappa shape index (κ1) is 10.8. The summed E-state index contributed by atoms with van der Waals surface area (Å²) in [5.74, 6) is -0.378. The van der Waals surface area contributed by atoms with Crippen LogP contribution in [0.1, 0.15) is 12.0 Å². The molecule has 0 aromatic heterocycles. The molecule has 0 bridgehead atoms. The van der Waals surface area contributed by atoms with Crippen molar-refractivity contribution in [3.8, 4) is 5.75 Å². The molecule has 1 rings (SSSR count). The molecule has 2 nitrogen and oxygen atoms in total. The third-order valence-electron chi connectivity index (χ3n) is 1.86. The van der Waals surface area contributed by atoms with Crippen LogP contribution in [0.25, 0.3) is 0 Å². The Labute approximate surface area is 81.7 Å². The molecule has 0 unspecified atom stereocenters. The topological polar surface area (TPSA) is 35.2 Å².